The van der Waals surface area contributed by atoms with Crippen LogP contribution < -0.4 is 0 Å². The molecule has 2 aliphatic heterocycles. The average molecular weight is 318 g/mol. The number of ether oxygens (including phenoxy) is 1. The Morgan fingerprint density at radius 3 is 2.33 bits per heavy atom. The first-order valence-corrected chi connectivity index (χ1v) is 9.16. The minimum atomic E-state index is -3.08. The molecule has 2 aliphatic rings. The number of carbonyl (C=O) groups excluding carboxylic acids is 2. The number of carbonyl (C=O) groups is 2. The van der Waals surface area contributed by atoms with Crippen molar-refractivity contribution in [3.8, 4) is 0 Å². The first-order chi connectivity index (χ1) is 9.93. The van der Waals surface area contributed by atoms with E-state index < -0.39 is 15.8 Å². The topological polar surface area (TPSA) is 84.0 Å². The van der Waals surface area contributed by atoms with Gasteiger partial charge in [-0.05, 0) is 19.8 Å². The first kappa shape index (κ1) is 16.1. The number of amides is 2. The molecule has 2 fully saturated rings. The number of rotatable bonds is 2. The van der Waals surface area contributed by atoms with E-state index in [0.717, 1.165) is 0 Å². The highest BCUT2D eigenvalue weighted by Gasteiger charge is 2.34. The fourth-order valence-corrected chi connectivity index (χ4v) is 4.50. The van der Waals surface area contributed by atoms with Crippen LogP contribution in [0.4, 0.5) is 4.79 Å². The molecule has 1 unspecified atom stereocenters. The molecule has 2 rings (SSSR count). The summed E-state index contributed by atoms with van der Waals surface area (Å²) in [7, 11) is -3.08. The molecule has 2 heterocycles. The van der Waals surface area contributed by atoms with Crippen LogP contribution in [0.15, 0.2) is 0 Å². The summed E-state index contributed by atoms with van der Waals surface area (Å²) in [4.78, 5) is 27.2. The number of piperazine rings is 1. The van der Waals surface area contributed by atoms with Crippen molar-refractivity contribution in [3.63, 3.8) is 0 Å². The Kier molecular flexibility index (Phi) is 5.08. The van der Waals surface area contributed by atoms with Crippen molar-refractivity contribution < 1.29 is 22.7 Å². The third-order valence-corrected chi connectivity index (χ3v) is 5.75. The predicted molar refractivity (Wildman–Crippen MR) is 76.6 cm³/mol. The van der Waals surface area contributed by atoms with Gasteiger partial charge in [-0.25, -0.2) is 13.2 Å². The molecule has 7 nitrogen and oxygen atoms in total. The zero-order chi connectivity index (χ0) is 15.5. The lowest BCUT2D eigenvalue weighted by Crippen LogP contribution is -2.53. The summed E-state index contributed by atoms with van der Waals surface area (Å²) in [6, 6.07) is 0. The van der Waals surface area contributed by atoms with Gasteiger partial charge in [-0.3, -0.25) is 4.79 Å². The molecule has 2 amide bonds. The lowest BCUT2D eigenvalue weighted by atomic mass is 10.0. The molecule has 2 saturated heterocycles. The van der Waals surface area contributed by atoms with Gasteiger partial charge >= 0.3 is 6.09 Å². The normalized spacial score (nSPS) is 25.5. The number of hydrogen-bond donors (Lipinski definition) is 0. The van der Waals surface area contributed by atoms with Gasteiger partial charge in [0.25, 0.3) is 0 Å². The highest BCUT2D eigenvalue weighted by atomic mass is 32.2. The van der Waals surface area contributed by atoms with Gasteiger partial charge in [-0.1, -0.05) is 0 Å². The molecule has 0 aromatic heterocycles. The lowest BCUT2D eigenvalue weighted by Gasteiger charge is -2.36. The molecule has 0 aliphatic carbocycles. The van der Waals surface area contributed by atoms with Gasteiger partial charge in [-0.15, -0.1) is 0 Å². The zero-order valence-corrected chi connectivity index (χ0v) is 13.1. The average Bonchev–Trinajstić information content (AvgIpc) is 2.46. The van der Waals surface area contributed by atoms with E-state index in [9.17, 15) is 18.0 Å². The SMILES string of the molecule is CCOC(=O)N1CCN(C(=O)C2CCCS(=O)(=O)C2)CC1. The van der Waals surface area contributed by atoms with Crippen LogP contribution in [0.2, 0.25) is 0 Å². The molecule has 0 radical (unpaired) electrons. The van der Waals surface area contributed by atoms with Crippen molar-refractivity contribution in [1.29, 1.82) is 0 Å². The molecule has 21 heavy (non-hydrogen) atoms. The molecule has 1 atom stereocenters. The summed E-state index contributed by atoms with van der Waals surface area (Å²) in [6.07, 6.45) is 0.836. The quantitative estimate of drug-likeness (QED) is 0.721. The van der Waals surface area contributed by atoms with Crippen molar-refractivity contribution in [2.24, 2.45) is 5.92 Å². The van der Waals surface area contributed by atoms with E-state index in [1.54, 1.807) is 16.7 Å². The minimum Gasteiger partial charge on any atom is -0.450 e. The van der Waals surface area contributed by atoms with Crippen LogP contribution in [0.3, 0.4) is 0 Å². The fraction of sp³-hybridized carbons (Fsp3) is 0.846. The Labute approximate surface area is 125 Å². The van der Waals surface area contributed by atoms with E-state index in [4.69, 9.17) is 4.74 Å². The molecular weight excluding hydrogens is 296 g/mol. The molecule has 0 bridgehead atoms. The molecular formula is C13H22N2O5S. The second-order valence-electron chi connectivity index (χ2n) is 5.46. The van der Waals surface area contributed by atoms with Crippen LogP contribution in [-0.4, -0.2) is 74.5 Å². The van der Waals surface area contributed by atoms with Crippen molar-refractivity contribution >= 4 is 21.8 Å². The van der Waals surface area contributed by atoms with Gasteiger partial charge < -0.3 is 14.5 Å². The Balaban J connectivity index is 1.87. The van der Waals surface area contributed by atoms with Crippen LogP contribution in [0.25, 0.3) is 0 Å². The van der Waals surface area contributed by atoms with Gasteiger partial charge in [0.1, 0.15) is 0 Å². The van der Waals surface area contributed by atoms with Gasteiger partial charge in [0.2, 0.25) is 5.91 Å². The summed E-state index contributed by atoms with van der Waals surface area (Å²) >= 11 is 0. The zero-order valence-electron chi connectivity index (χ0n) is 12.3. The molecule has 0 aromatic carbocycles. The summed E-state index contributed by atoms with van der Waals surface area (Å²) in [5, 5.41) is 0. The van der Waals surface area contributed by atoms with Crippen molar-refractivity contribution in [2.45, 2.75) is 19.8 Å². The summed E-state index contributed by atoms with van der Waals surface area (Å²) in [5.41, 5.74) is 0. The van der Waals surface area contributed by atoms with Gasteiger partial charge in [0.15, 0.2) is 9.84 Å². The Morgan fingerprint density at radius 2 is 1.76 bits per heavy atom. The second-order valence-corrected chi connectivity index (χ2v) is 7.69. The fourth-order valence-electron chi connectivity index (χ4n) is 2.80. The van der Waals surface area contributed by atoms with E-state index >= 15 is 0 Å². The van der Waals surface area contributed by atoms with E-state index in [2.05, 4.69) is 0 Å². The first-order valence-electron chi connectivity index (χ1n) is 7.34. The number of sulfone groups is 1. The molecule has 0 spiro atoms. The Hall–Kier alpha value is -1.31. The van der Waals surface area contributed by atoms with Crippen LogP contribution in [0, 0.1) is 5.92 Å². The summed E-state index contributed by atoms with van der Waals surface area (Å²) in [5.74, 6) is -0.364. The molecule has 0 N–H and O–H groups in total. The largest absolute Gasteiger partial charge is 0.450 e. The van der Waals surface area contributed by atoms with Crippen LogP contribution in [0.5, 0.6) is 0 Å². The van der Waals surface area contributed by atoms with Gasteiger partial charge in [0.05, 0.1) is 24.0 Å². The molecule has 0 aromatic rings. The monoisotopic (exact) mass is 318 g/mol. The smallest absolute Gasteiger partial charge is 0.409 e. The Bertz CT molecular complexity index is 497. The van der Waals surface area contributed by atoms with E-state index in [0.29, 0.717) is 45.6 Å². The maximum atomic E-state index is 12.4. The summed E-state index contributed by atoms with van der Waals surface area (Å²) in [6.45, 7) is 3.83. The summed E-state index contributed by atoms with van der Waals surface area (Å²) < 4.78 is 28.2. The minimum absolute atomic E-state index is 0.0378. The highest BCUT2D eigenvalue weighted by Crippen LogP contribution is 2.21. The number of nitrogens with zero attached hydrogens (tertiary/aromatic N) is 2. The van der Waals surface area contributed by atoms with Crippen molar-refractivity contribution in [3.05, 3.63) is 0 Å². The predicted octanol–water partition coefficient (Wildman–Crippen LogP) is 0.112. The molecule has 120 valence electrons. The van der Waals surface area contributed by atoms with Gasteiger partial charge in [0, 0.05) is 26.2 Å². The van der Waals surface area contributed by atoms with E-state index in [1.807, 2.05) is 0 Å². The third-order valence-electron chi connectivity index (χ3n) is 3.93. The van der Waals surface area contributed by atoms with Crippen LogP contribution in [-0.2, 0) is 19.4 Å². The van der Waals surface area contributed by atoms with Gasteiger partial charge in [-0.2, -0.15) is 0 Å². The highest BCUT2D eigenvalue weighted by molar-refractivity contribution is 7.91. The van der Waals surface area contributed by atoms with Crippen molar-refractivity contribution in [2.75, 3.05) is 44.3 Å². The van der Waals surface area contributed by atoms with E-state index in [-0.39, 0.29) is 23.5 Å². The molecule has 0 saturated carbocycles. The maximum Gasteiger partial charge on any atom is 0.409 e. The Morgan fingerprint density at radius 1 is 1.14 bits per heavy atom. The standard InChI is InChI=1S/C13H22N2O5S/c1-2-20-13(17)15-7-5-14(6-8-15)12(16)11-4-3-9-21(18,19)10-11/h11H,2-10H2,1H3. The van der Waals surface area contributed by atoms with Crippen molar-refractivity contribution in [1.82, 2.24) is 9.80 Å². The van der Waals surface area contributed by atoms with E-state index in [1.165, 1.54) is 0 Å². The van der Waals surface area contributed by atoms with Crippen LogP contribution >= 0.6 is 0 Å². The second kappa shape index (κ2) is 6.64. The third kappa shape index (κ3) is 4.09. The lowest BCUT2D eigenvalue weighted by molar-refractivity contribution is -0.136. The molecule has 8 heteroatoms. The number of hydrogen-bond acceptors (Lipinski definition) is 5. The maximum absolute atomic E-state index is 12.4. The van der Waals surface area contributed by atoms with Crippen LogP contribution in [0.1, 0.15) is 19.8 Å².